The van der Waals surface area contributed by atoms with E-state index in [9.17, 15) is 23.4 Å². The lowest BCUT2D eigenvalue weighted by Crippen LogP contribution is -2.68. The van der Waals surface area contributed by atoms with E-state index in [-0.39, 0.29) is 11.8 Å². The second kappa shape index (κ2) is 9.58. The Morgan fingerprint density at radius 3 is 2.46 bits per heavy atom. The number of halogens is 3. The van der Waals surface area contributed by atoms with E-state index in [1.165, 1.54) is 19.9 Å². The van der Waals surface area contributed by atoms with Gasteiger partial charge in [-0.2, -0.15) is 18.3 Å². The van der Waals surface area contributed by atoms with Crippen LogP contribution in [0.5, 0.6) is 5.75 Å². The van der Waals surface area contributed by atoms with Gasteiger partial charge in [-0.1, -0.05) is 6.07 Å². The van der Waals surface area contributed by atoms with E-state index in [1.54, 1.807) is 6.07 Å². The molecule has 3 atom stereocenters. The lowest BCUT2D eigenvalue weighted by atomic mass is 9.57. The molecule has 1 saturated carbocycles. The van der Waals surface area contributed by atoms with E-state index in [0.29, 0.717) is 31.6 Å². The van der Waals surface area contributed by atoms with E-state index in [1.807, 2.05) is 19.1 Å². The van der Waals surface area contributed by atoms with Gasteiger partial charge < -0.3 is 15.1 Å². The van der Waals surface area contributed by atoms with Gasteiger partial charge in [-0.25, -0.2) is 0 Å². The van der Waals surface area contributed by atoms with Crippen molar-refractivity contribution in [3.8, 4) is 5.75 Å². The smallest absolute Gasteiger partial charge is 0.433 e. The molecule has 2 N–H and O–H groups in total. The van der Waals surface area contributed by atoms with Crippen molar-refractivity contribution in [3.05, 3.63) is 46.8 Å². The summed E-state index contributed by atoms with van der Waals surface area (Å²) in [5.74, 6) is 0.936. The predicted octanol–water partition coefficient (Wildman–Crippen LogP) is 4.26. The highest BCUT2D eigenvalue weighted by Crippen LogP contribution is 2.53. The second-order valence-electron chi connectivity index (χ2n) is 11.6. The summed E-state index contributed by atoms with van der Waals surface area (Å²) in [6.45, 7) is 8.10. The Morgan fingerprint density at radius 1 is 1.08 bits per heavy atom. The quantitative estimate of drug-likeness (QED) is 0.596. The number of hydrogen-bond acceptors (Lipinski definition) is 5. The van der Waals surface area contributed by atoms with E-state index >= 15 is 0 Å². The van der Waals surface area contributed by atoms with Crippen LogP contribution in [-0.4, -0.2) is 74.2 Å². The number of benzene rings is 1. The first-order chi connectivity index (χ1) is 17.4. The van der Waals surface area contributed by atoms with Crippen LogP contribution in [0, 0.1) is 12.8 Å². The fourth-order valence-corrected chi connectivity index (χ4v) is 6.95. The van der Waals surface area contributed by atoms with Crippen LogP contribution in [0.25, 0.3) is 0 Å². The molecule has 9 heteroatoms. The molecule has 1 aliphatic carbocycles. The van der Waals surface area contributed by atoms with Crippen molar-refractivity contribution < 1.29 is 23.4 Å². The number of aromatic nitrogens is 2. The Hall–Kier alpha value is -2.10. The van der Waals surface area contributed by atoms with Crippen LogP contribution in [0.3, 0.4) is 0 Å². The molecule has 3 unspecified atom stereocenters. The molecule has 204 valence electrons. The van der Waals surface area contributed by atoms with Gasteiger partial charge in [0, 0.05) is 44.6 Å². The maximum absolute atomic E-state index is 13.2. The molecule has 2 saturated heterocycles. The number of phenolic OH excluding ortho intramolecular Hbond substituents is 1. The third kappa shape index (κ3) is 4.90. The summed E-state index contributed by atoms with van der Waals surface area (Å²) in [5, 5.41) is 27.1. The molecule has 0 bridgehead atoms. The summed E-state index contributed by atoms with van der Waals surface area (Å²) < 4.78 is 40.6. The molecule has 2 aromatic rings. The monoisotopic (exact) mass is 520 g/mol. The van der Waals surface area contributed by atoms with Gasteiger partial charge in [-0.3, -0.25) is 9.58 Å². The molecule has 0 spiro atoms. The highest BCUT2D eigenvalue weighted by Gasteiger charge is 2.59. The number of rotatable bonds is 6. The summed E-state index contributed by atoms with van der Waals surface area (Å²) in [7, 11) is 1.33. The highest BCUT2D eigenvalue weighted by molar-refractivity contribution is 5.43. The first kappa shape index (κ1) is 26.5. The minimum absolute atomic E-state index is 0.0336. The van der Waals surface area contributed by atoms with Crippen LogP contribution in [-0.2, 0) is 25.1 Å². The molecule has 6 nitrogen and oxygen atoms in total. The number of aromatic hydroxyl groups is 1. The first-order valence-corrected chi connectivity index (χ1v) is 13.5. The molecule has 0 radical (unpaired) electrons. The van der Waals surface area contributed by atoms with Crippen LogP contribution < -0.4 is 0 Å². The summed E-state index contributed by atoms with van der Waals surface area (Å²) in [6.07, 6.45) is 0.630. The number of hydrogen-bond donors (Lipinski definition) is 2. The number of likely N-dealkylation sites (tertiary alicyclic amines) is 2. The molecule has 0 amide bonds. The van der Waals surface area contributed by atoms with Crippen molar-refractivity contribution in [1.82, 2.24) is 19.6 Å². The van der Waals surface area contributed by atoms with Crippen molar-refractivity contribution >= 4 is 0 Å². The Bertz CT molecular complexity index is 1130. The molecule has 3 aliphatic rings. The molecular weight excluding hydrogens is 481 g/mol. The molecule has 2 aliphatic heterocycles. The molecule has 1 aromatic carbocycles. The fraction of sp³-hybridized carbons (Fsp3) is 0.679. The fourth-order valence-electron chi connectivity index (χ4n) is 6.95. The molecular formula is C28H39F3N4O2. The Morgan fingerprint density at radius 2 is 1.78 bits per heavy atom. The van der Waals surface area contributed by atoms with Crippen LogP contribution in [0.1, 0.15) is 61.5 Å². The lowest BCUT2D eigenvalue weighted by molar-refractivity contribution is -0.143. The van der Waals surface area contributed by atoms with Gasteiger partial charge >= 0.3 is 6.18 Å². The van der Waals surface area contributed by atoms with Crippen molar-refractivity contribution in [1.29, 1.82) is 0 Å². The number of nitrogens with zero attached hydrogens (tertiary/aromatic N) is 4. The Kier molecular flexibility index (Phi) is 6.86. The molecule has 5 rings (SSSR count). The van der Waals surface area contributed by atoms with Crippen LogP contribution in [0.15, 0.2) is 24.3 Å². The average Bonchev–Trinajstić information content (AvgIpc) is 3.59. The number of alkyl halides is 3. The topological polar surface area (TPSA) is 64.8 Å². The van der Waals surface area contributed by atoms with Gasteiger partial charge in [-0.15, -0.1) is 0 Å². The zero-order valence-corrected chi connectivity index (χ0v) is 22.1. The third-order valence-corrected chi connectivity index (χ3v) is 9.39. The average molecular weight is 521 g/mol. The first-order valence-electron chi connectivity index (χ1n) is 13.5. The Balaban J connectivity index is 1.40. The minimum atomic E-state index is -4.42. The maximum Gasteiger partial charge on any atom is 0.433 e. The van der Waals surface area contributed by atoms with Gasteiger partial charge in [0.05, 0.1) is 11.3 Å². The van der Waals surface area contributed by atoms with Gasteiger partial charge in [-0.05, 0) is 94.3 Å². The molecule has 1 aromatic heterocycles. The number of fused-ring (bicyclic) bond motifs is 1. The van der Waals surface area contributed by atoms with Crippen LogP contribution in [0.2, 0.25) is 0 Å². The number of aliphatic hydroxyl groups is 1. The Labute approximate surface area is 217 Å². The summed E-state index contributed by atoms with van der Waals surface area (Å²) in [4.78, 5) is 4.71. The molecule has 3 heterocycles. The van der Waals surface area contributed by atoms with Gasteiger partial charge in [0.25, 0.3) is 0 Å². The van der Waals surface area contributed by atoms with E-state index < -0.39 is 22.9 Å². The third-order valence-electron chi connectivity index (χ3n) is 9.39. The largest absolute Gasteiger partial charge is 0.508 e. The van der Waals surface area contributed by atoms with Crippen molar-refractivity contribution in [2.45, 2.75) is 75.6 Å². The second-order valence-corrected chi connectivity index (χ2v) is 11.6. The normalized spacial score (nSPS) is 29.8. The highest BCUT2D eigenvalue weighted by atomic mass is 19.4. The zero-order valence-electron chi connectivity index (χ0n) is 22.1. The van der Waals surface area contributed by atoms with Crippen molar-refractivity contribution in [2.75, 3.05) is 32.7 Å². The summed E-state index contributed by atoms with van der Waals surface area (Å²) >= 11 is 0. The summed E-state index contributed by atoms with van der Waals surface area (Å²) in [6, 6.07) is 6.58. The lowest BCUT2D eigenvalue weighted by Gasteiger charge is -2.58. The standard InChI is InChI=1S/C28H39F3N4O2/c1-19-4-7-23(36)17-24(19)26-9-13-34(12-8-22-16-25(28(29,30)31)33(3)32-22)14-11-27(26,37)20(2)35(15-10-26)18-21-5-6-21/h4,7,16-17,20-21,36-37H,5-6,8-15,18H2,1-3H3. The number of phenols is 1. The van der Waals surface area contributed by atoms with Crippen LogP contribution in [0.4, 0.5) is 13.2 Å². The minimum Gasteiger partial charge on any atom is -0.508 e. The predicted molar refractivity (Wildman–Crippen MR) is 135 cm³/mol. The van der Waals surface area contributed by atoms with Gasteiger partial charge in [0.2, 0.25) is 0 Å². The SMILES string of the molecule is Cc1ccc(O)cc1C12CCN(CCc3cc(C(F)(F)F)n(C)n3)CCC1(O)C(C)N(CC1CC1)CC2. The van der Waals surface area contributed by atoms with Gasteiger partial charge in [0.1, 0.15) is 11.4 Å². The van der Waals surface area contributed by atoms with E-state index in [4.69, 9.17) is 0 Å². The summed E-state index contributed by atoms with van der Waals surface area (Å²) in [5.41, 5.74) is 0.301. The van der Waals surface area contributed by atoms with E-state index in [2.05, 4.69) is 21.8 Å². The number of piperidine rings is 1. The maximum atomic E-state index is 13.2. The van der Waals surface area contributed by atoms with Crippen molar-refractivity contribution in [2.24, 2.45) is 13.0 Å². The zero-order chi connectivity index (χ0) is 26.6. The molecule has 3 fully saturated rings. The van der Waals surface area contributed by atoms with Crippen LogP contribution >= 0.6 is 0 Å². The van der Waals surface area contributed by atoms with E-state index in [0.717, 1.165) is 60.3 Å². The molecule has 37 heavy (non-hydrogen) atoms. The van der Waals surface area contributed by atoms with Gasteiger partial charge in [0.15, 0.2) is 0 Å². The van der Waals surface area contributed by atoms with Crippen molar-refractivity contribution in [3.63, 3.8) is 0 Å². The number of aryl methyl sites for hydroxylation is 2.